The van der Waals surface area contributed by atoms with E-state index in [1.165, 1.54) is 31.5 Å². The maximum atomic E-state index is 12.4. The van der Waals surface area contributed by atoms with Gasteiger partial charge in [-0.3, -0.25) is 9.80 Å². The van der Waals surface area contributed by atoms with Gasteiger partial charge in [0.25, 0.3) is 0 Å². The summed E-state index contributed by atoms with van der Waals surface area (Å²) in [5.74, 6) is 1.92. The van der Waals surface area contributed by atoms with Gasteiger partial charge in [-0.1, -0.05) is 12.1 Å². The number of piperidine rings is 1. The van der Waals surface area contributed by atoms with Gasteiger partial charge in [-0.05, 0) is 96.2 Å². The minimum atomic E-state index is -0.435. The number of carbonyl (C=O) groups excluding carboxylic acids is 1. The fraction of sp³-hybridized carbons (Fsp3) is 0.564. The Balaban J connectivity index is 0.817. The highest BCUT2D eigenvalue weighted by Crippen LogP contribution is 2.51. The third kappa shape index (κ3) is 6.41. The molecule has 8 rings (SSSR count). The number of hydrogen-bond acceptors (Lipinski definition) is 10. The van der Waals surface area contributed by atoms with Gasteiger partial charge in [0.1, 0.15) is 17.2 Å². The molecule has 272 valence electrons. The van der Waals surface area contributed by atoms with E-state index in [0.717, 1.165) is 74.8 Å². The molecule has 1 atom stereocenters. The Morgan fingerprint density at radius 2 is 1.73 bits per heavy atom. The Morgan fingerprint density at radius 1 is 1.04 bits per heavy atom. The van der Waals surface area contributed by atoms with Crippen molar-refractivity contribution >= 4 is 29.6 Å². The summed E-state index contributed by atoms with van der Waals surface area (Å²) in [5, 5.41) is 10.3. The molecule has 0 bridgehead atoms. The quantitative estimate of drug-likeness (QED) is 0.279. The number of H-pyrrole nitrogens is 1. The summed E-state index contributed by atoms with van der Waals surface area (Å²) in [7, 11) is 0. The molecular weight excluding hydrogens is 642 g/mol. The normalized spacial score (nSPS) is 23.5. The number of aromatic nitrogens is 3. The van der Waals surface area contributed by atoms with Crippen LogP contribution in [0, 0.1) is 5.41 Å². The van der Waals surface area contributed by atoms with Gasteiger partial charge in [0.2, 0.25) is 5.95 Å². The van der Waals surface area contributed by atoms with Crippen LogP contribution in [0.15, 0.2) is 36.7 Å². The van der Waals surface area contributed by atoms with Crippen LogP contribution in [-0.4, -0.2) is 104 Å². The summed E-state index contributed by atoms with van der Waals surface area (Å²) < 4.78 is 5.55. The van der Waals surface area contributed by atoms with E-state index in [0.29, 0.717) is 40.5 Å². The minimum Gasteiger partial charge on any atom is -0.507 e. The van der Waals surface area contributed by atoms with Crippen LogP contribution in [0.3, 0.4) is 0 Å². The highest BCUT2D eigenvalue weighted by Gasteiger charge is 2.57. The molecule has 1 amide bonds. The number of carbonyl (C=O) groups is 1. The molecule has 6 N–H and O–H groups in total. The van der Waals surface area contributed by atoms with Crippen LogP contribution in [0.5, 0.6) is 5.75 Å². The number of phenolic OH excluding ortho intramolecular Hbond substituents is 1. The van der Waals surface area contributed by atoms with Crippen LogP contribution in [0.25, 0.3) is 11.8 Å². The summed E-state index contributed by atoms with van der Waals surface area (Å²) in [6.07, 6.45) is 11.2. The van der Waals surface area contributed by atoms with Gasteiger partial charge < -0.3 is 36.1 Å². The van der Waals surface area contributed by atoms with E-state index < -0.39 is 5.60 Å². The first kappa shape index (κ1) is 33.8. The topological polar surface area (TPSA) is 153 Å². The Bertz CT molecular complexity index is 1790. The van der Waals surface area contributed by atoms with Crippen molar-refractivity contribution in [1.82, 2.24) is 29.7 Å². The van der Waals surface area contributed by atoms with Crippen molar-refractivity contribution in [3.8, 4) is 5.75 Å². The monoisotopic (exact) mass is 695 g/mol. The summed E-state index contributed by atoms with van der Waals surface area (Å²) >= 11 is 0. The molecular formula is C39H53N9O3. The number of nitrogen functional groups attached to an aromatic ring is 1. The van der Waals surface area contributed by atoms with E-state index in [9.17, 15) is 9.90 Å². The zero-order valence-corrected chi connectivity index (χ0v) is 30.4. The molecule has 6 heterocycles. The third-order valence-electron chi connectivity index (χ3n) is 12.1. The molecule has 3 saturated heterocycles. The van der Waals surface area contributed by atoms with Gasteiger partial charge in [-0.25, -0.2) is 14.8 Å². The molecule has 4 fully saturated rings. The van der Waals surface area contributed by atoms with Gasteiger partial charge in [0, 0.05) is 97.1 Å². The van der Waals surface area contributed by atoms with Gasteiger partial charge in [-0.2, -0.15) is 0 Å². The number of nitrogens with two attached hydrogens (primary N) is 2. The zero-order valence-electron chi connectivity index (χ0n) is 30.4. The minimum absolute atomic E-state index is 0.00651. The van der Waals surface area contributed by atoms with Crippen LogP contribution in [-0.2, 0) is 11.2 Å². The smallest absolute Gasteiger partial charge is 0.410 e. The number of aromatic hydroxyl groups is 1. The number of nitrogens with zero attached hydrogens (tertiary/aromatic N) is 6. The number of ether oxygens (including phenoxy) is 1. The maximum absolute atomic E-state index is 12.4. The Hall–Kier alpha value is -4.29. The molecule has 1 unspecified atom stereocenters. The number of rotatable bonds is 6. The standard InChI is InChI=1S/C39H53N9O3/c1-24-34-30(15-31(40)29-7-5-6-8-33(29)49)35(41)44-32(34)11-14-48(24)36-42-18-26(19-43-36)25-9-12-45(13-10-25)28-20-46(21-28)27-16-39(17-27)22-47(23-39)37(50)51-38(2,3)4/h5-8,15,18-19,24-25,27-28,44,49H,9-14,16-17,20-23,40-41H2,1-4H3/b31-15-. The summed E-state index contributed by atoms with van der Waals surface area (Å²) in [6, 6.07) is 8.38. The Morgan fingerprint density at radius 3 is 2.39 bits per heavy atom. The SMILES string of the molecule is CC1c2c([nH]c(N)c2/C=C(\N)c2ccccc2O)CCN1c1ncc(C2CCN(C3CN(C4CC5(C4)CN(C(=O)OC(C)(C)C)C5)C3)CC2)cn1. The average Bonchev–Trinajstić information content (AvgIpc) is 3.35. The lowest BCUT2D eigenvalue weighted by Gasteiger charge is -2.63. The molecule has 3 aromatic rings. The number of nitrogens with one attached hydrogen (secondary N) is 1. The first-order valence-electron chi connectivity index (χ1n) is 18.7. The first-order valence-corrected chi connectivity index (χ1v) is 18.7. The van der Waals surface area contributed by atoms with Crippen molar-refractivity contribution < 1.29 is 14.6 Å². The van der Waals surface area contributed by atoms with Crippen LogP contribution < -0.4 is 16.4 Å². The number of fused-ring (bicyclic) bond motifs is 1. The van der Waals surface area contributed by atoms with E-state index in [4.69, 9.17) is 26.2 Å². The van der Waals surface area contributed by atoms with Crippen LogP contribution in [0.1, 0.15) is 93.3 Å². The van der Waals surface area contributed by atoms with E-state index in [2.05, 4.69) is 26.6 Å². The fourth-order valence-electron chi connectivity index (χ4n) is 9.22. The van der Waals surface area contributed by atoms with E-state index in [1.54, 1.807) is 18.2 Å². The lowest BCUT2D eigenvalue weighted by atomic mass is 9.60. The first-order chi connectivity index (χ1) is 24.4. The molecule has 1 saturated carbocycles. The van der Waals surface area contributed by atoms with Crippen molar-refractivity contribution in [3.05, 3.63) is 64.6 Å². The van der Waals surface area contributed by atoms with Gasteiger partial charge in [0.05, 0.1) is 6.04 Å². The molecule has 12 nitrogen and oxygen atoms in total. The number of anilines is 2. The van der Waals surface area contributed by atoms with Crippen molar-refractivity contribution in [2.75, 3.05) is 56.4 Å². The number of phenols is 1. The van der Waals surface area contributed by atoms with Gasteiger partial charge in [0.15, 0.2) is 0 Å². The largest absolute Gasteiger partial charge is 0.507 e. The number of hydrogen-bond donors (Lipinski definition) is 4. The second-order valence-electron chi connectivity index (χ2n) is 16.7. The summed E-state index contributed by atoms with van der Waals surface area (Å²) in [6.45, 7) is 15.0. The van der Waals surface area contributed by atoms with Crippen molar-refractivity contribution in [2.45, 2.75) is 89.4 Å². The fourth-order valence-corrected chi connectivity index (χ4v) is 9.22. The Kier molecular flexibility index (Phi) is 8.45. The van der Waals surface area contributed by atoms with Crippen LogP contribution in [0.4, 0.5) is 16.6 Å². The number of aromatic amines is 1. The number of benzene rings is 1. The van der Waals surface area contributed by atoms with Crippen molar-refractivity contribution in [1.29, 1.82) is 0 Å². The van der Waals surface area contributed by atoms with Crippen LogP contribution >= 0.6 is 0 Å². The maximum Gasteiger partial charge on any atom is 0.410 e. The van der Waals surface area contributed by atoms with Crippen LogP contribution in [0.2, 0.25) is 0 Å². The van der Waals surface area contributed by atoms with Gasteiger partial charge in [-0.15, -0.1) is 0 Å². The molecule has 4 aliphatic heterocycles. The molecule has 1 aliphatic carbocycles. The van der Waals surface area contributed by atoms with E-state index in [1.807, 2.05) is 50.2 Å². The molecule has 51 heavy (non-hydrogen) atoms. The molecule has 1 spiro atoms. The lowest BCUT2D eigenvalue weighted by molar-refractivity contribution is -0.131. The highest BCUT2D eigenvalue weighted by atomic mass is 16.6. The van der Waals surface area contributed by atoms with E-state index >= 15 is 0 Å². The molecule has 12 heteroatoms. The van der Waals surface area contributed by atoms with Crippen molar-refractivity contribution in [3.63, 3.8) is 0 Å². The zero-order chi connectivity index (χ0) is 35.7. The number of para-hydroxylation sites is 1. The van der Waals surface area contributed by atoms with Gasteiger partial charge >= 0.3 is 6.09 Å². The molecule has 5 aliphatic rings. The Labute approximate surface area is 300 Å². The second kappa shape index (κ2) is 12.7. The molecule has 0 radical (unpaired) electrons. The lowest BCUT2D eigenvalue weighted by Crippen LogP contribution is -2.72. The number of amides is 1. The molecule has 2 aromatic heterocycles. The summed E-state index contributed by atoms with van der Waals surface area (Å²) in [5.41, 5.74) is 18.1. The summed E-state index contributed by atoms with van der Waals surface area (Å²) in [4.78, 5) is 35.0. The highest BCUT2D eigenvalue weighted by molar-refractivity contribution is 5.86. The second-order valence-corrected chi connectivity index (χ2v) is 16.7. The third-order valence-corrected chi connectivity index (χ3v) is 12.1. The average molecular weight is 696 g/mol. The van der Waals surface area contributed by atoms with Crippen molar-refractivity contribution in [2.24, 2.45) is 11.1 Å². The van der Waals surface area contributed by atoms with E-state index in [-0.39, 0.29) is 17.9 Å². The predicted molar refractivity (Wildman–Crippen MR) is 199 cm³/mol. The molecule has 1 aromatic carbocycles. The number of likely N-dealkylation sites (tertiary alicyclic amines) is 3. The predicted octanol–water partition coefficient (Wildman–Crippen LogP) is 4.94.